The van der Waals surface area contributed by atoms with Crippen molar-refractivity contribution in [3.8, 4) is 11.1 Å². The topological polar surface area (TPSA) is 19.6 Å². The average Bonchev–Trinajstić information content (AvgIpc) is 3.73. The van der Waals surface area contributed by atoms with Gasteiger partial charge in [-0.1, -0.05) is 206 Å². The lowest BCUT2D eigenvalue weighted by Gasteiger charge is -2.33. The number of furan rings is 1. The zero-order valence-electron chi connectivity index (χ0n) is 42.5. The molecular weight excluding hydrogens is 961 g/mol. The number of hydrogen-bond donors (Lipinski definition) is 0. The third-order valence-corrected chi connectivity index (χ3v) is 21.5. The van der Waals surface area contributed by atoms with Crippen molar-refractivity contribution in [3.63, 3.8) is 0 Å². The summed E-state index contributed by atoms with van der Waals surface area (Å²) in [4.78, 5) is 4.85. The van der Waals surface area contributed by atoms with Gasteiger partial charge in [0, 0.05) is 51.0 Å². The monoisotopic (exact) mass is 1010 g/mol. The molecule has 0 fully saturated rings. The first kappa shape index (κ1) is 44.3. The second-order valence-corrected chi connectivity index (χ2v) is 24.4. The van der Waals surface area contributed by atoms with Crippen LogP contribution < -0.4 is 30.5 Å². The first-order valence-corrected chi connectivity index (χ1v) is 28.9. The number of benzene rings is 14. The van der Waals surface area contributed by atoms with Crippen molar-refractivity contribution in [3.05, 3.63) is 291 Å². The summed E-state index contributed by atoms with van der Waals surface area (Å²) in [5.74, 6) is 0. The SMILES string of the molecule is c1ccc(N(c2ccccc2)c2ccc3c(c2)-c2cc(N(c4ccc5c(c4)oc4ccccc45)c4ccc5c6ccccc6c6ccccc6c5c4)ccc2[Si]3(c2ccccc2)c2cc3ccccc3c3ccccc23)cc1. The molecule has 4 heteroatoms. The van der Waals surface area contributed by atoms with Crippen LogP contribution in [0.4, 0.5) is 34.1 Å². The van der Waals surface area contributed by atoms with E-state index in [0.29, 0.717) is 0 Å². The van der Waals surface area contributed by atoms with Crippen molar-refractivity contribution in [1.82, 2.24) is 0 Å². The Morgan fingerprint density at radius 3 is 1.23 bits per heavy atom. The van der Waals surface area contributed by atoms with Gasteiger partial charge in [-0.2, -0.15) is 0 Å². The lowest BCUT2D eigenvalue weighted by Crippen LogP contribution is -2.73. The predicted molar refractivity (Wildman–Crippen MR) is 333 cm³/mol. The smallest absolute Gasteiger partial charge is 0.181 e. The molecule has 364 valence electrons. The van der Waals surface area contributed by atoms with Gasteiger partial charge in [0.2, 0.25) is 0 Å². The maximum atomic E-state index is 6.69. The quantitative estimate of drug-likeness (QED) is 0.112. The van der Waals surface area contributed by atoms with Gasteiger partial charge < -0.3 is 14.2 Å². The van der Waals surface area contributed by atoms with Crippen LogP contribution in [0.1, 0.15) is 0 Å². The molecular formula is C74H48N2OSi. The Hall–Kier alpha value is -10.0. The lowest BCUT2D eigenvalue weighted by molar-refractivity contribution is 0.669. The Kier molecular flexibility index (Phi) is 9.96. The average molecular weight is 1010 g/mol. The number of anilines is 6. The summed E-state index contributed by atoms with van der Waals surface area (Å²) in [5, 5.41) is 20.3. The fraction of sp³-hybridized carbons (Fsp3) is 0. The molecule has 3 nitrogen and oxygen atoms in total. The Balaban J connectivity index is 1.01. The number of rotatable bonds is 8. The van der Waals surface area contributed by atoms with Crippen molar-refractivity contribution in [2.24, 2.45) is 0 Å². The van der Waals surface area contributed by atoms with E-state index >= 15 is 0 Å². The maximum Gasteiger partial charge on any atom is 0.181 e. The highest BCUT2D eigenvalue weighted by molar-refractivity contribution is 7.23. The normalized spacial score (nSPS) is 13.9. The first-order valence-electron chi connectivity index (χ1n) is 26.9. The van der Waals surface area contributed by atoms with E-state index in [1.165, 1.54) is 85.7 Å². The van der Waals surface area contributed by atoms with Crippen molar-refractivity contribution in [2.75, 3.05) is 9.80 Å². The van der Waals surface area contributed by atoms with Gasteiger partial charge in [0.1, 0.15) is 11.2 Å². The molecule has 14 aromatic carbocycles. The molecule has 0 N–H and O–H groups in total. The van der Waals surface area contributed by atoms with Crippen LogP contribution in [0.25, 0.3) is 86.9 Å². The van der Waals surface area contributed by atoms with E-state index in [9.17, 15) is 0 Å². The van der Waals surface area contributed by atoms with Gasteiger partial charge in [-0.05, 0) is 165 Å². The highest BCUT2D eigenvalue weighted by Crippen LogP contribution is 2.45. The standard InChI is InChI=1S/C74H48N2OSi/c1-4-21-50(22-5-1)75(51-23-6-2-7-24-51)53-38-42-72-68(46-53)69-47-54(39-43-73(69)78(72,56-25-8-3-9-26-56)74-44-49-20-10-11-27-57(49)58-28-16-17-34-66(58)74)76(55-37-41-65-64-33-18-19-35-70(64)77-71(65)48-55)52-36-40-63-61-31-13-12-29-59(61)60-30-14-15-32-62(60)67(63)45-52/h1-48H. The Bertz CT molecular complexity index is 4800. The first-order chi connectivity index (χ1) is 38.7. The van der Waals surface area contributed by atoms with E-state index in [4.69, 9.17) is 4.42 Å². The summed E-state index contributed by atoms with van der Waals surface area (Å²) in [6.07, 6.45) is 0. The molecule has 0 saturated carbocycles. The molecule has 2 heterocycles. The van der Waals surface area contributed by atoms with Crippen LogP contribution in [0.15, 0.2) is 296 Å². The van der Waals surface area contributed by atoms with Crippen molar-refractivity contribution >= 4 is 139 Å². The minimum absolute atomic E-state index is 0.854. The summed E-state index contributed by atoms with van der Waals surface area (Å²) in [6.45, 7) is 0. The van der Waals surface area contributed by atoms with Crippen molar-refractivity contribution < 1.29 is 4.42 Å². The maximum absolute atomic E-state index is 6.69. The number of para-hydroxylation sites is 3. The van der Waals surface area contributed by atoms with E-state index in [2.05, 4.69) is 295 Å². The molecule has 16 rings (SSSR count). The van der Waals surface area contributed by atoms with E-state index in [0.717, 1.165) is 56.1 Å². The largest absolute Gasteiger partial charge is 0.456 e. The van der Waals surface area contributed by atoms with Crippen LogP contribution in [0.3, 0.4) is 0 Å². The van der Waals surface area contributed by atoms with Crippen LogP contribution in [-0.2, 0) is 0 Å². The Morgan fingerprint density at radius 1 is 0.231 bits per heavy atom. The molecule has 0 radical (unpaired) electrons. The highest BCUT2D eigenvalue weighted by Gasteiger charge is 2.50. The zero-order chi connectivity index (χ0) is 51.3. The van der Waals surface area contributed by atoms with Crippen molar-refractivity contribution in [1.29, 1.82) is 0 Å². The molecule has 78 heavy (non-hydrogen) atoms. The molecule has 1 unspecified atom stereocenters. The number of nitrogens with zero attached hydrogens (tertiary/aromatic N) is 2. The molecule has 1 aliphatic heterocycles. The minimum Gasteiger partial charge on any atom is -0.456 e. The second-order valence-electron chi connectivity index (χ2n) is 20.7. The predicted octanol–water partition coefficient (Wildman–Crippen LogP) is 17.6. The van der Waals surface area contributed by atoms with Gasteiger partial charge in [0.15, 0.2) is 8.07 Å². The highest BCUT2D eigenvalue weighted by atomic mass is 28.3. The number of fused-ring (bicyclic) bond motifs is 15. The Morgan fingerprint density at radius 2 is 0.628 bits per heavy atom. The summed E-state index contributed by atoms with van der Waals surface area (Å²) in [6, 6.07) is 108. The fourth-order valence-electron chi connectivity index (χ4n) is 13.3. The molecule has 15 aromatic rings. The van der Waals surface area contributed by atoms with Crippen LogP contribution in [-0.4, -0.2) is 8.07 Å². The molecule has 1 aliphatic rings. The van der Waals surface area contributed by atoms with Crippen molar-refractivity contribution in [2.45, 2.75) is 0 Å². The van der Waals surface area contributed by atoms with Crippen LogP contribution in [0, 0.1) is 0 Å². The summed E-state index contributed by atoms with van der Waals surface area (Å²) in [5.41, 5.74) is 10.7. The fourth-order valence-corrected chi connectivity index (χ4v) is 18.7. The number of hydrogen-bond acceptors (Lipinski definition) is 3. The Labute approximate surface area is 452 Å². The van der Waals surface area contributed by atoms with Gasteiger partial charge in [0.25, 0.3) is 0 Å². The van der Waals surface area contributed by atoms with Gasteiger partial charge in [-0.3, -0.25) is 0 Å². The van der Waals surface area contributed by atoms with Crippen LogP contribution in [0.2, 0.25) is 0 Å². The van der Waals surface area contributed by atoms with Crippen LogP contribution >= 0.6 is 0 Å². The third-order valence-electron chi connectivity index (χ3n) is 16.6. The third kappa shape index (κ3) is 6.63. The molecule has 0 spiro atoms. The van der Waals surface area contributed by atoms with E-state index < -0.39 is 8.07 Å². The molecule has 1 atom stereocenters. The zero-order valence-corrected chi connectivity index (χ0v) is 43.5. The summed E-state index contributed by atoms with van der Waals surface area (Å²) in [7, 11) is -3.14. The van der Waals surface area contributed by atoms with Gasteiger partial charge in [-0.25, -0.2) is 0 Å². The summed E-state index contributed by atoms with van der Waals surface area (Å²) >= 11 is 0. The second kappa shape index (κ2) is 17.5. The minimum atomic E-state index is -3.14. The molecule has 0 amide bonds. The van der Waals surface area contributed by atoms with Gasteiger partial charge in [-0.15, -0.1) is 0 Å². The summed E-state index contributed by atoms with van der Waals surface area (Å²) < 4.78 is 6.69. The molecule has 0 saturated heterocycles. The van der Waals surface area contributed by atoms with E-state index in [1.54, 1.807) is 0 Å². The molecule has 1 aromatic heterocycles. The molecule has 0 aliphatic carbocycles. The molecule has 0 bridgehead atoms. The lowest BCUT2D eigenvalue weighted by atomic mass is 9.94. The van der Waals surface area contributed by atoms with E-state index in [1.807, 2.05) is 6.07 Å². The van der Waals surface area contributed by atoms with Gasteiger partial charge in [0.05, 0.1) is 0 Å². The van der Waals surface area contributed by atoms with Crippen LogP contribution in [0.5, 0.6) is 0 Å². The van der Waals surface area contributed by atoms with Gasteiger partial charge >= 0.3 is 0 Å². The van der Waals surface area contributed by atoms with E-state index in [-0.39, 0.29) is 0 Å².